The number of benzene rings is 2. The van der Waals surface area contributed by atoms with Crippen LogP contribution in [0.4, 0.5) is 11.4 Å². The van der Waals surface area contributed by atoms with Crippen LogP contribution in [0, 0.1) is 6.92 Å². The summed E-state index contributed by atoms with van der Waals surface area (Å²) in [5.74, 6) is -0.260. The zero-order valence-electron chi connectivity index (χ0n) is 14.4. The quantitative estimate of drug-likeness (QED) is 0.589. The Morgan fingerprint density at radius 2 is 1.88 bits per heavy atom. The van der Waals surface area contributed by atoms with Crippen LogP contribution in [0.15, 0.2) is 58.3 Å². The van der Waals surface area contributed by atoms with E-state index in [-0.39, 0.29) is 11.3 Å². The van der Waals surface area contributed by atoms with E-state index in [9.17, 15) is 9.90 Å². The van der Waals surface area contributed by atoms with Gasteiger partial charge < -0.3 is 14.9 Å². The fraction of sp³-hybridized carbons (Fsp3) is 0.211. The van der Waals surface area contributed by atoms with Crippen LogP contribution in [0.1, 0.15) is 18.1 Å². The zero-order chi connectivity index (χ0) is 18.4. The lowest BCUT2D eigenvalue weighted by Gasteiger charge is -2.07. The number of nitrogens with zero attached hydrogens (tertiary/aromatic N) is 2. The second-order valence-electron chi connectivity index (χ2n) is 5.59. The molecule has 2 aromatic carbocycles. The third-order valence-electron chi connectivity index (χ3n) is 3.62. The molecule has 0 saturated heterocycles. The second-order valence-corrected chi connectivity index (χ2v) is 5.59. The summed E-state index contributed by atoms with van der Waals surface area (Å²) >= 11 is 0. The Labute approximate surface area is 146 Å². The van der Waals surface area contributed by atoms with Crippen LogP contribution in [-0.2, 0) is 11.2 Å². The summed E-state index contributed by atoms with van der Waals surface area (Å²) in [5, 5.41) is 27.5. The Morgan fingerprint density at radius 1 is 1.20 bits per heavy atom. The monoisotopic (exact) mass is 340 g/mol. The van der Waals surface area contributed by atoms with Gasteiger partial charge >= 0.3 is 5.97 Å². The zero-order valence-corrected chi connectivity index (χ0v) is 14.4. The third-order valence-corrected chi connectivity index (χ3v) is 3.62. The molecule has 0 aliphatic heterocycles. The van der Waals surface area contributed by atoms with Crippen molar-refractivity contribution in [1.29, 1.82) is 0 Å². The number of ether oxygens (including phenoxy) is 1. The van der Waals surface area contributed by atoms with Gasteiger partial charge in [-0.15, -0.1) is 5.11 Å². The highest BCUT2D eigenvalue weighted by atomic mass is 16.5. The Balaban J connectivity index is 2.27. The minimum atomic E-state index is -0.980. The molecule has 0 heterocycles. The van der Waals surface area contributed by atoms with Crippen molar-refractivity contribution in [2.24, 2.45) is 10.2 Å². The van der Waals surface area contributed by atoms with Crippen LogP contribution in [-0.4, -0.2) is 23.3 Å². The maximum Gasteiger partial charge on any atom is 0.330 e. The van der Waals surface area contributed by atoms with Crippen molar-refractivity contribution in [3.05, 3.63) is 59.2 Å². The average Bonchev–Trinajstić information content (AvgIpc) is 2.60. The molecule has 2 aromatic rings. The highest BCUT2D eigenvalue weighted by Gasteiger charge is 2.09. The number of methoxy groups -OCH3 is 1. The van der Waals surface area contributed by atoms with Gasteiger partial charge in [0, 0.05) is 11.1 Å². The molecule has 25 heavy (non-hydrogen) atoms. The molecular weight excluding hydrogens is 320 g/mol. The average molecular weight is 340 g/mol. The topological polar surface area (TPSA) is 91.5 Å². The number of aromatic hydroxyl groups is 1. The molecule has 2 rings (SSSR count). The number of aliphatic carboxylic acids is 1. The lowest BCUT2D eigenvalue weighted by Crippen LogP contribution is -1.97. The first-order chi connectivity index (χ1) is 11.9. The summed E-state index contributed by atoms with van der Waals surface area (Å²) in [6.45, 7) is 3.39. The van der Waals surface area contributed by atoms with Crippen molar-refractivity contribution < 1.29 is 19.7 Å². The molecule has 0 aliphatic rings. The van der Waals surface area contributed by atoms with Crippen LogP contribution < -0.4 is 4.74 Å². The van der Waals surface area contributed by atoms with Crippen LogP contribution in [0.3, 0.4) is 0 Å². The Bertz CT molecular complexity index is 824. The van der Waals surface area contributed by atoms with E-state index in [2.05, 4.69) is 10.2 Å². The van der Waals surface area contributed by atoms with Gasteiger partial charge in [-0.3, -0.25) is 0 Å². The Kier molecular flexibility index (Phi) is 5.89. The standard InChI is InChI=1S/C19H20N2O4/c1-12-10-14(5-4-13(2)19(23)24)18(22)17(11-12)21-20-15-6-8-16(25-3)9-7-15/h4,6-11,22H,5H2,1-3H3,(H,23,24). The molecule has 0 aliphatic carbocycles. The van der Waals surface area contributed by atoms with Gasteiger partial charge in [0.05, 0.1) is 12.8 Å². The van der Waals surface area contributed by atoms with Gasteiger partial charge in [-0.1, -0.05) is 12.1 Å². The molecule has 0 atom stereocenters. The highest BCUT2D eigenvalue weighted by Crippen LogP contribution is 2.34. The SMILES string of the molecule is COc1ccc(N=Nc2cc(C)cc(CC=C(C)C(=O)O)c2O)cc1. The normalized spacial score (nSPS) is 11.7. The number of azo groups is 1. The molecule has 0 saturated carbocycles. The summed E-state index contributed by atoms with van der Waals surface area (Å²) < 4.78 is 5.09. The molecule has 0 unspecified atom stereocenters. The fourth-order valence-electron chi connectivity index (χ4n) is 2.18. The van der Waals surface area contributed by atoms with Gasteiger partial charge in [0.25, 0.3) is 0 Å². The highest BCUT2D eigenvalue weighted by molar-refractivity contribution is 5.85. The number of phenolic OH excluding ortho intramolecular Hbond substituents is 1. The number of phenols is 1. The van der Waals surface area contributed by atoms with E-state index < -0.39 is 5.97 Å². The van der Waals surface area contributed by atoms with Gasteiger partial charge in [-0.2, -0.15) is 5.11 Å². The summed E-state index contributed by atoms with van der Waals surface area (Å²) in [6.07, 6.45) is 1.86. The van der Waals surface area contributed by atoms with Crippen molar-refractivity contribution >= 4 is 17.3 Å². The van der Waals surface area contributed by atoms with E-state index in [0.29, 0.717) is 23.4 Å². The van der Waals surface area contributed by atoms with Crippen LogP contribution >= 0.6 is 0 Å². The lowest BCUT2D eigenvalue weighted by molar-refractivity contribution is -0.132. The van der Waals surface area contributed by atoms with Gasteiger partial charge in [0.15, 0.2) is 0 Å². The number of carboxylic acids is 1. The summed E-state index contributed by atoms with van der Waals surface area (Å²) in [6, 6.07) is 10.6. The van der Waals surface area contributed by atoms with Gasteiger partial charge in [-0.05, 0) is 56.2 Å². The molecular formula is C19H20N2O4. The van der Waals surface area contributed by atoms with Gasteiger partial charge in [-0.25, -0.2) is 4.79 Å². The Hall–Kier alpha value is -3.15. The molecule has 2 N–H and O–H groups in total. The maximum atomic E-state index is 10.9. The second kappa shape index (κ2) is 8.10. The van der Waals surface area contributed by atoms with Gasteiger partial charge in [0.1, 0.15) is 17.2 Å². The number of carbonyl (C=O) groups is 1. The van der Waals surface area contributed by atoms with E-state index in [1.54, 1.807) is 49.6 Å². The van der Waals surface area contributed by atoms with E-state index in [4.69, 9.17) is 9.84 Å². The first kappa shape index (κ1) is 18.2. The smallest absolute Gasteiger partial charge is 0.330 e. The van der Waals surface area contributed by atoms with Crippen molar-refractivity contribution in [2.75, 3.05) is 7.11 Å². The van der Waals surface area contributed by atoms with E-state index in [0.717, 1.165) is 11.3 Å². The van der Waals surface area contributed by atoms with Crippen LogP contribution in [0.25, 0.3) is 0 Å². The minimum Gasteiger partial charge on any atom is -0.505 e. The summed E-state index contributed by atoms with van der Waals surface area (Å²) in [5.41, 5.74) is 2.70. The fourth-order valence-corrected chi connectivity index (χ4v) is 2.18. The van der Waals surface area contributed by atoms with Crippen LogP contribution in [0.2, 0.25) is 0 Å². The molecule has 0 spiro atoms. The van der Waals surface area contributed by atoms with Gasteiger partial charge in [0.2, 0.25) is 0 Å². The largest absolute Gasteiger partial charge is 0.505 e. The molecule has 0 aromatic heterocycles. The number of aryl methyl sites for hydroxylation is 1. The van der Waals surface area contributed by atoms with E-state index in [1.165, 1.54) is 6.92 Å². The number of rotatable bonds is 6. The predicted molar refractivity (Wildman–Crippen MR) is 95.1 cm³/mol. The molecule has 0 fully saturated rings. The molecule has 6 nitrogen and oxygen atoms in total. The van der Waals surface area contributed by atoms with Crippen molar-refractivity contribution in [2.45, 2.75) is 20.3 Å². The molecule has 6 heteroatoms. The first-order valence-electron chi connectivity index (χ1n) is 7.69. The van der Waals surface area contributed by atoms with E-state index >= 15 is 0 Å². The van der Waals surface area contributed by atoms with Crippen molar-refractivity contribution in [1.82, 2.24) is 0 Å². The molecule has 0 bridgehead atoms. The molecule has 130 valence electrons. The number of carboxylic acid groups (broad SMARTS) is 1. The number of hydrogen-bond acceptors (Lipinski definition) is 5. The molecule has 0 radical (unpaired) electrons. The summed E-state index contributed by atoms with van der Waals surface area (Å²) in [4.78, 5) is 10.9. The Morgan fingerprint density at radius 3 is 2.48 bits per heavy atom. The minimum absolute atomic E-state index is 0.00250. The maximum absolute atomic E-state index is 10.9. The third kappa shape index (κ3) is 4.91. The molecule has 0 amide bonds. The first-order valence-corrected chi connectivity index (χ1v) is 7.69. The van der Waals surface area contributed by atoms with E-state index in [1.807, 2.05) is 6.92 Å². The number of allylic oxidation sites excluding steroid dienone is 1. The van der Waals surface area contributed by atoms with Crippen molar-refractivity contribution in [3.8, 4) is 11.5 Å². The lowest BCUT2D eigenvalue weighted by atomic mass is 10.0. The number of hydrogen-bond donors (Lipinski definition) is 2. The predicted octanol–water partition coefficient (Wildman–Crippen LogP) is 4.70. The summed E-state index contributed by atoms with van der Waals surface area (Å²) in [7, 11) is 1.59. The van der Waals surface area contributed by atoms with Crippen LogP contribution in [0.5, 0.6) is 11.5 Å². The van der Waals surface area contributed by atoms with Crippen molar-refractivity contribution in [3.63, 3.8) is 0 Å².